The highest BCUT2D eigenvalue weighted by Crippen LogP contribution is 2.34. The molecule has 0 radical (unpaired) electrons. The topological polar surface area (TPSA) is 57.8 Å². The first-order chi connectivity index (χ1) is 8.33. The minimum absolute atomic E-state index is 0.0381. The Labute approximate surface area is 105 Å². The molecule has 4 nitrogen and oxygen atoms in total. The second-order valence-electron chi connectivity index (χ2n) is 4.80. The van der Waals surface area contributed by atoms with Crippen LogP contribution in [0.15, 0.2) is 9.95 Å². The number of hydrogen-bond donors (Lipinski definition) is 2. The van der Waals surface area contributed by atoms with Crippen molar-refractivity contribution >= 4 is 11.8 Å². The smallest absolute Gasteiger partial charge is 0.256 e. The standard InChI is InChI=1S/C12H17N3OS/c16-11-9-7-13-5-3-10(9)14-12(15-11)17-6-4-8-1-2-8/h8,13H,1-7H2,(H,14,15,16). The van der Waals surface area contributed by atoms with Crippen LogP contribution in [0.1, 0.15) is 30.5 Å². The fourth-order valence-electron chi connectivity index (χ4n) is 2.13. The number of aromatic amines is 1. The average molecular weight is 251 g/mol. The number of aromatic nitrogens is 2. The summed E-state index contributed by atoms with van der Waals surface area (Å²) in [4.78, 5) is 19.3. The molecule has 0 unspecified atom stereocenters. The van der Waals surface area contributed by atoms with Gasteiger partial charge in [0.1, 0.15) is 0 Å². The van der Waals surface area contributed by atoms with E-state index in [9.17, 15) is 4.79 Å². The zero-order valence-corrected chi connectivity index (χ0v) is 10.6. The van der Waals surface area contributed by atoms with Crippen LogP contribution >= 0.6 is 11.8 Å². The number of nitrogens with zero attached hydrogens (tertiary/aromatic N) is 1. The van der Waals surface area contributed by atoms with E-state index >= 15 is 0 Å². The lowest BCUT2D eigenvalue weighted by atomic mass is 10.1. The van der Waals surface area contributed by atoms with Crippen LogP contribution in [0.5, 0.6) is 0 Å². The number of fused-ring (bicyclic) bond motifs is 1. The van der Waals surface area contributed by atoms with Crippen LogP contribution in [-0.2, 0) is 13.0 Å². The first-order valence-electron chi connectivity index (χ1n) is 6.28. The lowest BCUT2D eigenvalue weighted by molar-refractivity contribution is 0.609. The van der Waals surface area contributed by atoms with E-state index in [1.807, 2.05) is 0 Å². The molecular weight excluding hydrogens is 234 g/mol. The van der Waals surface area contributed by atoms with Crippen LogP contribution < -0.4 is 10.9 Å². The fraction of sp³-hybridized carbons (Fsp3) is 0.667. The summed E-state index contributed by atoms with van der Waals surface area (Å²) < 4.78 is 0. The predicted octanol–water partition coefficient (Wildman–Crippen LogP) is 1.31. The summed E-state index contributed by atoms with van der Waals surface area (Å²) in [6, 6.07) is 0. The fourth-order valence-corrected chi connectivity index (χ4v) is 3.11. The third kappa shape index (κ3) is 2.72. The van der Waals surface area contributed by atoms with Crippen LogP contribution in [0.4, 0.5) is 0 Å². The summed E-state index contributed by atoms with van der Waals surface area (Å²) in [5.41, 5.74) is 1.85. The third-order valence-corrected chi connectivity index (χ3v) is 4.29. The molecule has 0 spiro atoms. The monoisotopic (exact) mass is 251 g/mol. The molecule has 1 aromatic rings. The summed E-state index contributed by atoms with van der Waals surface area (Å²) in [7, 11) is 0. The average Bonchev–Trinajstić information content (AvgIpc) is 3.13. The summed E-state index contributed by atoms with van der Waals surface area (Å²) in [6.07, 6.45) is 4.91. The summed E-state index contributed by atoms with van der Waals surface area (Å²) >= 11 is 1.69. The quantitative estimate of drug-likeness (QED) is 0.626. The highest BCUT2D eigenvalue weighted by Gasteiger charge is 2.21. The van der Waals surface area contributed by atoms with Crippen molar-refractivity contribution in [2.75, 3.05) is 12.3 Å². The maximum atomic E-state index is 11.8. The van der Waals surface area contributed by atoms with E-state index in [4.69, 9.17) is 0 Å². The molecule has 92 valence electrons. The van der Waals surface area contributed by atoms with E-state index in [2.05, 4.69) is 15.3 Å². The van der Waals surface area contributed by atoms with Gasteiger partial charge in [-0.3, -0.25) is 4.79 Å². The van der Waals surface area contributed by atoms with Crippen molar-refractivity contribution in [1.29, 1.82) is 0 Å². The van der Waals surface area contributed by atoms with Crippen molar-refractivity contribution in [3.8, 4) is 0 Å². The van der Waals surface area contributed by atoms with Gasteiger partial charge in [-0.1, -0.05) is 24.6 Å². The first-order valence-corrected chi connectivity index (χ1v) is 7.27. The summed E-state index contributed by atoms with van der Waals surface area (Å²) in [5.74, 6) is 2.01. The Balaban J connectivity index is 1.71. The lowest BCUT2D eigenvalue weighted by Gasteiger charge is -2.15. The van der Waals surface area contributed by atoms with Gasteiger partial charge >= 0.3 is 0 Å². The Kier molecular flexibility index (Phi) is 3.20. The highest BCUT2D eigenvalue weighted by molar-refractivity contribution is 7.99. The van der Waals surface area contributed by atoms with Gasteiger partial charge in [-0.15, -0.1) is 0 Å². The molecular formula is C12H17N3OS. The van der Waals surface area contributed by atoms with Crippen LogP contribution in [0.3, 0.4) is 0 Å². The van der Waals surface area contributed by atoms with Crippen molar-refractivity contribution < 1.29 is 0 Å². The minimum atomic E-state index is 0.0381. The molecule has 1 saturated carbocycles. The molecule has 0 atom stereocenters. The zero-order chi connectivity index (χ0) is 11.7. The molecule has 1 aromatic heterocycles. The van der Waals surface area contributed by atoms with E-state index in [1.54, 1.807) is 11.8 Å². The third-order valence-electron chi connectivity index (χ3n) is 3.38. The van der Waals surface area contributed by atoms with Gasteiger partial charge < -0.3 is 10.3 Å². The molecule has 1 aliphatic heterocycles. The van der Waals surface area contributed by atoms with Gasteiger partial charge in [-0.2, -0.15) is 0 Å². The molecule has 0 saturated heterocycles. The predicted molar refractivity (Wildman–Crippen MR) is 68.3 cm³/mol. The molecule has 2 N–H and O–H groups in total. The van der Waals surface area contributed by atoms with Crippen molar-refractivity contribution in [2.45, 2.75) is 37.4 Å². The van der Waals surface area contributed by atoms with Gasteiger partial charge in [0.25, 0.3) is 5.56 Å². The molecule has 0 bridgehead atoms. The molecule has 0 amide bonds. The molecule has 1 aliphatic carbocycles. The molecule has 2 heterocycles. The Morgan fingerprint density at radius 2 is 2.29 bits per heavy atom. The normalized spacial score (nSPS) is 19.1. The van der Waals surface area contributed by atoms with Gasteiger partial charge in [0.15, 0.2) is 5.16 Å². The molecule has 0 aromatic carbocycles. The molecule has 3 rings (SSSR count). The van der Waals surface area contributed by atoms with Gasteiger partial charge in [-0.05, 0) is 12.3 Å². The number of H-pyrrole nitrogens is 1. The minimum Gasteiger partial charge on any atom is -0.312 e. The van der Waals surface area contributed by atoms with Crippen LogP contribution in [0.25, 0.3) is 0 Å². The number of nitrogens with one attached hydrogen (secondary N) is 2. The van der Waals surface area contributed by atoms with Crippen molar-refractivity contribution in [3.63, 3.8) is 0 Å². The van der Waals surface area contributed by atoms with E-state index in [1.165, 1.54) is 19.3 Å². The number of thioether (sulfide) groups is 1. The maximum Gasteiger partial charge on any atom is 0.256 e. The van der Waals surface area contributed by atoms with Crippen LogP contribution in [0.2, 0.25) is 0 Å². The first kappa shape index (κ1) is 11.3. The van der Waals surface area contributed by atoms with Gasteiger partial charge in [0.2, 0.25) is 0 Å². The Hall–Kier alpha value is -0.810. The SMILES string of the molecule is O=c1[nH]c(SCCC2CC2)nc2c1CNCC2. The van der Waals surface area contributed by atoms with E-state index < -0.39 is 0 Å². The lowest BCUT2D eigenvalue weighted by Crippen LogP contribution is -2.31. The van der Waals surface area contributed by atoms with Crippen LogP contribution in [0, 0.1) is 5.92 Å². The van der Waals surface area contributed by atoms with Crippen LogP contribution in [-0.4, -0.2) is 22.3 Å². The Bertz CT molecular complexity index is 467. The summed E-state index contributed by atoms with van der Waals surface area (Å²) in [5, 5.41) is 4.00. The second-order valence-corrected chi connectivity index (χ2v) is 5.89. The molecule has 5 heteroatoms. The largest absolute Gasteiger partial charge is 0.312 e. The Morgan fingerprint density at radius 1 is 1.41 bits per heavy atom. The number of rotatable bonds is 4. The maximum absolute atomic E-state index is 11.8. The number of hydrogen-bond acceptors (Lipinski definition) is 4. The molecule has 17 heavy (non-hydrogen) atoms. The summed E-state index contributed by atoms with van der Waals surface area (Å²) in [6.45, 7) is 1.58. The molecule has 2 aliphatic rings. The van der Waals surface area contributed by atoms with Crippen molar-refractivity contribution in [3.05, 3.63) is 21.6 Å². The highest BCUT2D eigenvalue weighted by atomic mass is 32.2. The van der Waals surface area contributed by atoms with E-state index in [0.717, 1.165) is 41.1 Å². The zero-order valence-electron chi connectivity index (χ0n) is 9.79. The van der Waals surface area contributed by atoms with Gasteiger partial charge in [-0.25, -0.2) is 4.98 Å². The van der Waals surface area contributed by atoms with E-state index in [-0.39, 0.29) is 5.56 Å². The van der Waals surface area contributed by atoms with Crippen molar-refractivity contribution in [2.24, 2.45) is 5.92 Å². The van der Waals surface area contributed by atoms with Crippen molar-refractivity contribution in [1.82, 2.24) is 15.3 Å². The second kappa shape index (κ2) is 4.82. The van der Waals surface area contributed by atoms with Gasteiger partial charge in [0.05, 0.1) is 11.3 Å². The Morgan fingerprint density at radius 3 is 3.12 bits per heavy atom. The van der Waals surface area contributed by atoms with Gasteiger partial charge in [0, 0.05) is 25.3 Å². The molecule has 1 fully saturated rings. The van der Waals surface area contributed by atoms with E-state index in [0.29, 0.717) is 6.54 Å².